The normalized spacial score (nSPS) is 22.9. The summed E-state index contributed by atoms with van der Waals surface area (Å²) < 4.78 is 41.0. The number of likely N-dealkylation sites (tertiary alicyclic amines) is 1. The Morgan fingerprint density at radius 3 is 2.32 bits per heavy atom. The predicted molar refractivity (Wildman–Crippen MR) is 129 cm³/mol. The van der Waals surface area contributed by atoms with Crippen LogP contribution in [-0.4, -0.2) is 47.1 Å². The van der Waals surface area contributed by atoms with Crippen molar-refractivity contribution in [3.8, 4) is 5.75 Å². The van der Waals surface area contributed by atoms with E-state index in [9.17, 15) is 27.6 Å². The van der Waals surface area contributed by atoms with Crippen LogP contribution in [0.15, 0.2) is 48.5 Å². The van der Waals surface area contributed by atoms with Gasteiger partial charge in [-0.2, -0.15) is 0 Å². The monoisotopic (exact) mass is 515 g/mol. The van der Waals surface area contributed by atoms with Gasteiger partial charge in [0.2, 0.25) is 11.8 Å². The zero-order valence-corrected chi connectivity index (χ0v) is 20.1. The molecule has 1 aliphatic heterocycles. The highest BCUT2D eigenvalue weighted by molar-refractivity contribution is 5.97. The molecule has 3 amide bonds. The fourth-order valence-electron chi connectivity index (χ4n) is 5.46. The number of nitrogens with one attached hydrogen (secondary N) is 2. The lowest BCUT2D eigenvalue weighted by Crippen LogP contribution is -2.54. The second-order valence-corrected chi connectivity index (χ2v) is 10.1. The first-order chi connectivity index (χ1) is 17.6. The maximum Gasteiger partial charge on any atom is 0.573 e. The van der Waals surface area contributed by atoms with Gasteiger partial charge in [0, 0.05) is 23.7 Å². The van der Waals surface area contributed by atoms with E-state index in [0.29, 0.717) is 29.8 Å². The number of ether oxygens (including phenoxy) is 1. The largest absolute Gasteiger partial charge is 0.573 e. The van der Waals surface area contributed by atoms with E-state index in [2.05, 4.69) is 15.4 Å². The first-order valence-electron chi connectivity index (χ1n) is 12.5. The van der Waals surface area contributed by atoms with Gasteiger partial charge in [-0.25, -0.2) is 0 Å². The van der Waals surface area contributed by atoms with E-state index in [1.54, 1.807) is 29.2 Å². The Bertz CT molecular complexity index is 1180. The van der Waals surface area contributed by atoms with E-state index in [0.717, 1.165) is 32.1 Å². The van der Waals surface area contributed by atoms with Gasteiger partial charge < -0.3 is 20.3 Å². The van der Waals surface area contributed by atoms with Crippen molar-refractivity contribution in [2.45, 2.75) is 62.9 Å². The zero-order chi connectivity index (χ0) is 26.2. The van der Waals surface area contributed by atoms with Crippen LogP contribution in [0.3, 0.4) is 0 Å². The maximum atomic E-state index is 13.1. The van der Waals surface area contributed by atoms with Gasteiger partial charge in [-0.15, -0.1) is 13.2 Å². The maximum absolute atomic E-state index is 13.1. The minimum absolute atomic E-state index is 0.00573. The summed E-state index contributed by atoms with van der Waals surface area (Å²) in [6, 6.07) is 12.0. The molecule has 2 saturated carbocycles. The Labute approximate surface area is 212 Å². The zero-order valence-electron chi connectivity index (χ0n) is 20.1. The van der Waals surface area contributed by atoms with Crippen LogP contribution >= 0.6 is 0 Å². The summed E-state index contributed by atoms with van der Waals surface area (Å²) in [5.74, 6) is -0.575. The van der Waals surface area contributed by atoms with E-state index in [1.165, 1.54) is 24.3 Å². The third-order valence-corrected chi connectivity index (χ3v) is 7.47. The van der Waals surface area contributed by atoms with Crippen molar-refractivity contribution in [3.63, 3.8) is 0 Å². The molecule has 0 radical (unpaired) electrons. The smallest absolute Gasteiger partial charge is 0.406 e. The second-order valence-electron chi connectivity index (χ2n) is 10.1. The molecule has 0 aromatic heterocycles. The van der Waals surface area contributed by atoms with Crippen molar-refractivity contribution < 1.29 is 32.3 Å². The summed E-state index contributed by atoms with van der Waals surface area (Å²) in [7, 11) is 0. The number of halogens is 3. The van der Waals surface area contributed by atoms with E-state index in [4.69, 9.17) is 0 Å². The van der Waals surface area contributed by atoms with Gasteiger partial charge in [-0.3, -0.25) is 14.4 Å². The molecule has 5 rings (SSSR count). The Morgan fingerprint density at radius 2 is 1.68 bits per heavy atom. The van der Waals surface area contributed by atoms with Crippen molar-refractivity contribution in [3.05, 3.63) is 59.7 Å². The number of hydrogen-bond donors (Lipinski definition) is 2. The van der Waals surface area contributed by atoms with Gasteiger partial charge in [0.15, 0.2) is 0 Å². The van der Waals surface area contributed by atoms with Crippen LogP contribution < -0.4 is 15.4 Å². The van der Waals surface area contributed by atoms with E-state index >= 15 is 0 Å². The van der Waals surface area contributed by atoms with E-state index < -0.39 is 11.9 Å². The van der Waals surface area contributed by atoms with Crippen LogP contribution in [0.5, 0.6) is 5.75 Å². The summed E-state index contributed by atoms with van der Waals surface area (Å²) in [4.78, 5) is 39.9. The first kappa shape index (κ1) is 25.1. The van der Waals surface area contributed by atoms with Crippen LogP contribution in [0.25, 0.3) is 0 Å². The predicted octanol–water partition coefficient (Wildman–Crippen LogP) is 4.43. The second kappa shape index (κ2) is 9.72. The fraction of sp³-hybridized carbons (Fsp3) is 0.444. The number of anilines is 1. The molecule has 0 bridgehead atoms. The van der Waals surface area contributed by atoms with Gasteiger partial charge in [0.25, 0.3) is 5.91 Å². The average Bonchev–Trinajstić information content (AvgIpc) is 3.53. The molecule has 7 nitrogen and oxygen atoms in total. The molecule has 196 valence electrons. The molecule has 1 saturated heterocycles. The number of alkyl halides is 3. The van der Waals surface area contributed by atoms with Crippen LogP contribution in [0.1, 0.15) is 54.4 Å². The van der Waals surface area contributed by atoms with Crippen LogP contribution in [0.2, 0.25) is 0 Å². The third-order valence-electron chi connectivity index (χ3n) is 7.47. The van der Waals surface area contributed by atoms with Crippen LogP contribution in [0.4, 0.5) is 18.9 Å². The molecule has 2 aromatic rings. The van der Waals surface area contributed by atoms with Crippen molar-refractivity contribution in [2.24, 2.45) is 5.92 Å². The number of benzene rings is 2. The number of nitrogens with zero attached hydrogens (tertiary/aromatic N) is 1. The van der Waals surface area contributed by atoms with E-state index in [1.807, 2.05) is 0 Å². The molecule has 2 N–H and O–H groups in total. The number of amides is 3. The average molecular weight is 516 g/mol. The molecule has 0 unspecified atom stereocenters. The molecule has 1 heterocycles. The number of hydrogen-bond acceptors (Lipinski definition) is 4. The summed E-state index contributed by atoms with van der Waals surface area (Å²) in [6.45, 7) is 0.505. The summed E-state index contributed by atoms with van der Waals surface area (Å²) >= 11 is 0. The Hall–Kier alpha value is -3.56. The van der Waals surface area contributed by atoms with Crippen molar-refractivity contribution >= 4 is 23.4 Å². The third kappa shape index (κ3) is 5.73. The number of carbonyl (C=O) groups excluding carboxylic acids is 3. The summed E-state index contributed by atoms with van der Waals surface area (Å²) in [6.07, 6.45) is 0.185. The van der Waals surface area contributed by atoms with Gasteiger partial charge in [0.05, 0.1) is 18.0 Å². The molecule has 37 heavy (non-hydrogen) atoms. The minimum Gasteiger partial charge on any atom is -0.406 e. The first-order valence-corrected chi connectivity index (χ1v) is 12.5. The topological polar surface area (TPSA) is 87.7 Å². The lowest BCUT2D eigenvalue weighted by molar-refractivity contribution is -0.274. The quantitative estimate of drug-likeness (QED) is 0.571. The lowest BCUT2D eigenvalue weighted by Gasteiger charge is -2.33. The van der Waals surface area contributed by atoms with Crippen molar-refractivity contribution in [2.75, 3.05) is 11.9 Å². The van der Waals surface area contributed by atoms with Crippen LogP contribution in [-0.2, 0) is 16.0 Å². The van der Waals surface area contributed by atoms with Gasteiger partial charge in [0.1, 0.15) is 5.75 Å². The molecular formula is C27H28F3N3O4. The Balaban J connectivity index is 1.20. The molecule has 2 aliphatic carbocycles. The molecule has 10 heteroatoms. The van der Waals surface area contributed by atoms with Gasteiger partial charge in [-0.05, 0) is 80.5 Å². The summed E-state index contributed by atoms with van der Waals surface area (Å²) in [5.41, 5.74) is 1.22. The lowest BCUT2D eigenvalue weighted by atomic mass is 9.92. The van der Waals surface area contributed by atoms with Crippen LogP contribution in [0, 0.1) is 5.92 Å². The highest BCUT2D eigenvalue weighted by atomic mass is 19.4. The van der Waals surface area contributed by atoms with Crippen molar-refractivity contribution in [1.29, 1.82) is 0 Å². The number of carbonyl (C=O) groups is 3. The molecule has 0 spiro atoms. The summed E-state index contributed by atoms with van der Waals surface area (Å²) in [5, 5.41) is 6.05. The van der Waals surface area contributed by atoms with Gasteiger partial charge in [-0.1, -0.05) is 12.1 Å². The Kier molecular flexibility index (Phi) is 6.59. The molecule has 3 fully saturated rings. The SMILES string of the molecule is O=C(N[C@@]12CCC[C@@H]1N(C(=O)Cc1ccc(OC(F)(F)F)cc1)CC2)c1ccc(NC(=O)C2CC2)cc1. The van der Waals surface area contributed by atoms with Gasteiger partial charge >= 0.3 is 6.36 Å². The fourth-order valence-corrected chi connectivity index (χ4v) is 5.46. The standard InChI is InChI=1S/C27H28F3N3O4/c28-27(29,30)37-21-11-3-17(4-12-21)16-23(34)33-15-14-26(13-1-2-22(26)33)32-25(36)19-7-9-20(10-8-19)31-24(35)18-5-6-18/h3-4,7-12,18,22H,1-2,5-6,13-16H2,(H,31,35)(H,32,36)/t22-,26+/m0/s1. The molecule has 2 aromatic carbocycles. The highest BCUT2D eigenvalue weighted by Crippen LogP contribution is 2.42. The minimum atomic E-state index is -4.77. The molecule has 3 aliphatic rings. The van der Waals surface area contributed by atoms with Crippen molar-refractivity contribution in [1.82, 2.24) is 10.2 Å². The Morgan fingerprint density at radius 1 is 0.973 bits per heavy atom. The molecular weight excluding hydrogens is 487 g/mol. The number of rotatable bonds is 7. The number of fused-ring (bicyclic) bond motifs is 1. The highest BCUT2D eigenvalue weighted by Gasteiger charge is 2.52. The van der Waals surface area contributed by atoms with E-state index in [-0.39, 0.29) is 41.9 Å². The molecule has 2 atom stereocenters.